The van der Waals surface area contributed by atoms with E-state index in [-0.39, 0.29) is 12.0 Å². The van der Waals surface area contributed by atoms with Crippen molar-refractivity contribution >= 4 is 5.91 Å². The van der Waals surface area contributed by atoms with E-state index in [2.05, 4.69) is 16.9 Å². The van der Waals surface area contributed by atoms with Gasteiger partial charge >= 0.3 is 0 Å². The summed E-state index contributed by atoms with van der Waals surface area (Å²) in [5.41, 5.74) is 0.612. The molecule has 1 amide bonds. The number of hydrogen-bond acceptors (Lipinski definition) is 5. The fourth-order valence-electron chi connectivity index (χ4n) is 3.10. The quantitative estimate of drug-likeness (QED) is 0.840. The summed E-state index contributed by atoms with van der Waals surface area (Å²) in [6, 6.07) is 3.88. The Morgan fingerprint density at radius 2 is 2.13 bits per heavy atom. The first-order valence-corrected chi connectivity index (χ1v) is 8.29. The normalized spacial score (nSPS) is 23.0. The molecule has 6 nitrogen and oxygen atoms in total. The van der Waals surface area contributed by atoms with Gasteiger partial charge in [-0.2, -0.15) is 0 Å². The maximum absolute atomic E-state index is 12.6. The molecule has 0 spiro atoms. The summed E-state index contributed by atoms with van der Waals surface area (Å²) in [4.78, 5) is 21.0. The van der Waals surface area contributed by atoms with Crippen molar-refractivity contribution in [3.8, 4) is 5.88 Å². The summed E-state index contributed by atoms with van der Waals surface area (Å²) in [7, 11) is 4.01. The van der Waals surface area contributed by atoms with Gasteiger partial charge in [0.25, 0.3) is 5.91 Å². The highest BCUT2D eigenvalue weighted by molar-refractivity contribution is 5.94. The van der Waals surface area contributed by atoms with Gasteiger partial charge in [0, 0.05) is 31.8 Å². The summed E-state index contributed by atoms with van der Waals surface area (Å²) in [6.45, 7) is 3.43. The molecule has 0 N–H and O–H groups in total. The maximum Gasteiger partial charge on any atom is 0.255 e. The number of nitrogens with zero attached hydrogens (tertiary/aromatic N) is 3. The van der Waals surface area contributed by atoms with E-state index in [9.17, 15) is 4.79 Å². The molecule has 2 aliphatic rings. The molecular formula is C17H25N3O3. The summed E-state index contributed by atoms with van der Waals surface area (Å²) in [5.74, 6) is 0.585. The Labute approximate surface area is 137 Å². The molecule has 0 radical (unpaired) electrons. The molecule has 3 heterocycles. The van der Waals surface area contributed by atoms with Gasteiger partial charge in [-0.15, -0.1) is 0 Å². The second-order valence-corrected chi connectivity index (χ2v) is 6.44. The van der Waals surface area contributed by atoms with E-state index in [0.717, 1.165) is 39.0 Å². The van der Waals surface area contributed by atoms with Crippen LogP contribution >= 0.6 is 0 Å². The van der Waals surface area contributed by atoms with Crippen LogP contribution in [-0.2, 0) is 4.74 Å². The minimum atomic E-state index is 0.0304. The van der Waals surface area contributed by atoms with Crippen LogP contribution in [0.2, 0.25) is 0 Å². The molecule has 2 fully saturated rings. The van der Waals surface area contributed by atoms with Gasteiger partial charge in [0.05, 0.1) is 18.8 Å². The molecule has 1 atom stereocenters. The first-order valence-electron chi connectivity index (χ1n) is 8.29. The molecule has 2 aliphatic heterocycles. The van der Waals surface area contributed by atoms with Gasteiger partial charge in [-0.1, -0.05) is 0 Å². The number of rotatable bonds is 4. The lowest BCUT2D eigenvalue weighted by molar-refractivity contribution is 0.0659. The average molecular weight is 319 g/mol. The van der Waals surface area contributed by atoms with E-state index in [1.54, 1.807) is 18.3 Å². The first-order chi connectivity index (χ1) is 11.1. The molecular weight excluding hydrogens is 294 g/mol. The number of aromatic nitrogens is 1. The fraction of sp³-hybridized carbons (Fsp3) is 0.647. The summed E-state index contributed by atoms with van der Waals surface area (Å²) in [6.07, 6.45) is 4.62. The van der Waals surface area contributed by atoms with E-state index >= 15 is 0 Å². The highest BCUT2D eigenvalue weighted by Crippen LogP contribution is 2.18. The minimum Gasteiger partial charge on any atom is -0.472 e. The number of hydrogen-bond donors (Lipinski definition) is 0. The van der Waals surface area contributed by atoms with Crippen LogP contribution in [0.4, 0.5) is 0 Å². The number of carbonyl (C=O) groups excluding carboxylic acids is 1. The Bertz CT molecular complexity index is 520. The second kappa shape index (κ2) is 7.27. The zero-order valence-corrected chi connectivity index (χ0v) is 13.9. The van der Waals surface area contributed by atoms with Crippen LogP contribution in [0.15, 0.2) is 18.3 Å². The van der Waals surface area contributed by atoms with Crippen molar-refractivity contribution in [2.24, 2.45) is 0 Å². The van der Waals surface area contributed by atoms with E-state index in [1.807, 2.05) is 11.9 Å². The third-order valence-electron chi connectivity index (χ3n) is 4.71. The van der Waals surface area contributed by atoms with Crippen LogP contribution in [-0.4, -0.2) is 73.2 Å². The van der Waals surface area contributed by atoms with E-state index in [4.69, 9.17) is 9.47 Å². The molecule has 0 saturated carbocycles. The van der Waals surface area contributed by atoms with Crippen molar-refractivity contribution in [1.29, 1.82) is 0 Å². The summed E-state index contributed by atoms with van der Waals surface area (Å²) < 4.78 is 11.0. The molecule has 1 unspecified atom stereocenters. The monoisotopic (exact) mass is 319 g/mol. The molecule has 0 aromatic carbocycles. The fourth-order valence-corrected chi connectivity index (χ4v) is 3.10. The van der Waals surface area contributed by atoms with Gasteiger partial charge in [0.2, 0.25) is 5.88 Å². The highest BCUT2D eigenvalue weighted by Gasteiger charge is 2.25. The van der Waals surface area contributed by atoms with Crippen LogP contribution in [0, 0.1) is 0 Å². The lowest BCUT2D eigenvalue weighted by Gasteiger charge is -2.35. The van der Waals surface area contributed by atoms with Crippen molar-refractivity contribution in [3.05, 3.63) is 23.9 Å². The standard InChI is InChI=1S/C17H25N3O3/c1-19-8-5-14(6-9-19)20(2)17(21)13-3-4-16(18-11-13)23-15-7-10-22-12-15/h3-4,11,14-15H,5-10,12H2,1-2H3. The topological polar surface area (TPSA) is 54.9 Å². The van der Waals surface area contributed by atoms with E-state index in [1.165, 1.54) is 0 Å². The smallest absolute Gasteiger partial charge is 0.255 e. The van der Waals surface area contributed by atoms with Crippen molar-refractivity contribution < 1.29 is 14.3 Å². The van der Waals surface area contributed by atoms with Crippen LogP contribution in [0.5, 0.6) is 5.88 Å². The Hall–Kier alpha value is -1.66. The lowest BCUT2D eigenvalue weighted by Crippen LogP contribution is -2.44. The Kier molecular flexibility index (Phi) is 5.13. The minimum absolute atomic E-state index is 0.0304. The highest BCUT2D eigenvalue weighted by atomic mass is 16.5. The third-order valence-corrected chi connectivity index (χ3v) is 4.71. The Morgan fingerprint density at radius 3 is 2.74 bits per heavy atom. The Morgan fingerprint density at radius 1 is 1.35 bits per heavy atom. The predicted molar refractivity (Wildman–Crippen MR) is 86.7 cm³/mol. The number of pyridine rings is 1. The number of carbonyl (C=O) groups is 1. The van der Waals surface area contributed by atoms with Gasteiger partial charge in [-0.25, -0.2) is 4.98 Å². The lowest BCUT2D eigenvalue weighted by atomic mass is 10.0. The second-order valence-electron chi connectivity index (χ2n) is 6.44. The number of amides is 1. The van der Waals surface area contributed by atoms with Gasteiger partial charge in [-0.3, -0.25) is 4.79 Å². The molecule has 126 valence electrons. The predicted octanol–water partition coefficient (Wildman–Crippen LogP) is 1.42. The number of ether oxygens (including phenoxy) is 2. The average Bonchev–Trinajstić information content (AvgIpc) is 3.08. The van der Waals surface area contributed by atoms with Crippen LogP contribution in [0.25, 0.3) is 0 Å². The maximum atomic E-state index is 12.6. The van der Waals surface area contributed by atoms with Gasteiger partial charge in [-0.05, 0) is 39.0 Å². The first kappa shape index (κ1) is 16.2. The molecule has 1 aromatic heterocycles. The Balaban J connectivity index is 1.58. The zero-order valence-electron chi connectivity index (χ0n) is 13.9. The van der Waals surface area contributed by atoms with Crippen molar-refractivity contribution in [2.75, 3.05) is 40.4 Å². The van der Waals surface area contributed by atoms with E-state index < -0.39 is 0 Å². The molecule has 0 aliphatic carbocycles. The molecule has 2 saturated heterocycles. The molecule has 0 bridgehead atoms. The SMILES string of the molecule is CN1CCC(N(C)C(=O)c2ccc(OC3CCOC3)nc2)CC1. The van der Waals surface area contributed by atoms with Gasteiger partial charge < -0.3 is 19.3 Å². The molecule has 23 heavy (non-hydrogen) atoms. The van der Waals surface area contributed by atoms with E-state index in [0.29, 0.717) is 24.1 Å². The van der Waals surface area contributed by atoms with Gasteiger partial charge in [0.1, 0.15) is 6.10 Å². The summed E-state index contributed by atoms with van der Waals surface area (Å²) in [5, 5.41) is 0. The van der Waals surface area contributed by atoms with Crippen LogP contribution in [0.1, 0.15) is 29.6 Å². The zero-order chi connectivity index (χ0) is 16.2. The largest absolute Gasteiger partial charge is 0.472 e. The number of piperidine rings is 1. The number of likely N-dealkylation sites (tertiary alicyclic amines) is 1. The van der Waals surface area contributed by atoms with Crippen LogP contribution < -0.4 is 4.74 Å². The van der Waals surface area contributed by atoms with Crippen molar-refractivity contribution in [3.63, 3.8) is 0 Å². The summed E-state index contributed by atoms with van der Waals surface area (Å²) >= 11 is 0. The molecule has 6 heteroatoms. The van der Waals surface area contributed by atoms with Crippen molar-refractivity contribution in [2.45, 2.75) is 31.4 Å². The van der Waals surface area contributed by atoms with Crippen LogP contribution in [0.3, 0.4) is 0 Å². The van der Waals surface area contributed by atoms with Gasteiger partial charge in [0.15, 0.2) is 0 Å². The molecule has 1 aromatic rings. The van der Waals surface area contributed by atoms with Crippen molar-refractivity contribution in [1.82, 2.24) is 14.8 Å². The molecule has 3 rings (SSSR count). The third kappa shape index (κ3) is 4.00.